The molecule has 0 saturated carbocycles. The molecule has 0 heterocycles. The first-order valence-electron chi connectivity index (χ1n) is 5.60. The van der Waals surface area contributed by atoms with Gasteiger partial charge in [0.05, 0.1) is 0 Å². The first kappa shape index (κ1) is 13.0. The van der Waals surface area contributed by atoms with Gasteiger partial charge in [-0.3, -0.25) is 0 Å². The Hall–Kier alpha value is 0. The summed E-state index contributed by atoms with van der Waals surface area (Å²) in [6.45, 7) is 13.8. The molecule has 0 saturated heterocycles. The van der Waals surface area contributed by atoms with Crippen LogP contribution in [0, 0.1) is 17.3 Å². The van der Waals surface area contributed by atoms with Crippen molar-refractivity contribution >= 4 is 0 Å². The Morgan fingerprint density at radius 1 is 1.15 bits per heavy atom. The van der Waals surface area contributed by atoms with Gasteiger partial charge in [-0.15, -0.1) is 0 Å². The quantitative estimate of drug-likeness (QED) is 0.572. The molecule has 1 radical (unpaired) electrons. The Morgan fingerprint density at radius 2 is 1.69 bits per heavy atom. The van der Waals surface area contributed by atoms with E-state index in [1.54, 1.807) is 5.92 Å². The first-order chi connectivity index (χ1) is 5.81. The molecule has 0 fully saturated rings. The third-order valence-electron chi connectivity index (χ3n) is 2.33. The minimum atomic E-state index is 0.504. The average Bonchev–Trinajstić information content (AvgIpc) is 1.81. The molecule has 0 aliphatic heterocycles. The van der Waals surface area contributed by atoms with Crippen LogP contribution < -0.4 is 0 Å². The predicted molar refractivity (Wildman–Crippen MR) is 61.7 cm³/mol. The highest BCUT2D eigenvalue weighted by molar-refractivity contribution is 4.76. The van der Waals surface area contributed by atoms with Gasteiger partial charge in [-0.1, -0.05) is 54.4 Å². The summed E-state index contributed by atoms with van der Waals surface area (Å²) in [5.74, 6) is 2.46. The van der Waals surface area contributed by atoms with Crippen molar-refractivity contribution in [2.45, 2.75) is 67.2 Å². The molecule has 1 atom stereocenters. The SMILES string of the molecule is C[C](C)CCCC(C)CC(C)(C)C. The maximum absolute atomic E-state index is 2.39. The van der Waals surface area contributed by atoms with Gasteiger partial charge in [-0.25, -0.2) is 0 Å². The largest absolute Gasteiger partial charge is 0.0625 e. The summed E-state index contributed by atoms with van der Waals surface area (Å²) in [5.41, 5.74) is 0.504. The summed E-state index contributed by atoms with van der Waals surface area (Å²) in [7, 11) is 0. The highest BCUT2D eigenvalue weighted by Crippen LogP contribution is 2.27. The minimum Gasteiger partial charge on any atom is -0.0625 e. The fourth-order valence-corrected chi connectivity index (χ4v) is 1.95. The van der Waals surface area contributed by atoms with Crippen LogP contribution in [0.5, 0.6) is 0 Å². The van der Waals surface area contributed by atoms with Crippen molar-refractivity contribution in [3.05, 3.63) is 5.92 Å². The standard InChI is InChI=1S/C13H27/c1-11(2)8-7-9-12(3)10-13(4,5)6/h12H,7-10H2,1-6H3. The van der Waals surface area contributed by atoms with Crippen LogP contribution in [-0.4, -0.2) is 0 Å². The second kappa shape index (κ2) is 5.67. The van der Waals surface area contributed by atoms with Crippen LogP contribution in [0.1, 0.15) is 67.2 Å². The molecule has 0 aromatic heterocycles. The van der Waals surface area contributed by atoms with Gasteiger partial charge in [-0.2, -0.15) is 0 Å². The van der Waals surface area contributed by atoms with Crippen molar-refractivity contribution in [2.75, 3.05) is 0 Å². The minimum absolute atomic E-state index is 0.504. The molecule has 0 bridgehead atoms. The topological polar surface area (TPSA) is 0 Å². The van der Waals surface area contributed by atoms with Crippen molar-refractivity contribution in [1.82, 2.24) is 0 Å². The van der Waals surface area contributed by atoms with E-state index in [1.165, 1.54) is 25.7 Å². The monoisotopic (exact) mass is 183 g/mol. The highest BCUT2D eigenvalue weighted by Gasteiger charge is 2.14. The van der Waals surface area contributed by atoms with Gasteiger partial charge in [-0.05, 0) is 30.1 Å². The van der Waals surface area contributed by atoms with Crippen LogP contribution in [0.25, 0.3) is 0 Å². The Balaban J connectivity index is 3.46. The lowest BCUT2D eigenvalue weighted by molar-refractivity contribution is 0.293. The number of hydrogen-bond donors (Lipinski definition) is 0. The van der Waals surface area contributed by atoms with E-state index in [9.17, 15) is 0 Å². The van der Waals surface area contributed by atoms with E-state index >= 15 is 0 Å². The van der Waals surface area contributed by atoms with Gasteiger partial charge in [0.2, 0.25) is 0 Å². The van der Waals surface area contributed by atoms with E-state index in [4.69, 9.17) is 0 Å². The van der Waals surface area contributed by atoms with Gasteiger partial charge in [0, 0.05) is 0 Å². The number of rotatable bonds is 5. The second-order valence-corrected chi connectivity index (χ2v) is 5.97. The van der Waals surface area contributed by atoms with Crippen LogP contribution in [0.2, 0.25) is 0 Å². The summed E-state index contributed by atoms with van der Waals surface area (Å²) in [5, 5.41) is 0. The van der Waals surface area contributed by atoms with Gasteiger partial charge in [0.25, 0.3) is 0 Å². The molecular weight excluding hydrogens is 156 g/mol. The molecule has 0 aromatic carbocycles. The van der Waals surface area contributed by atoms with Crippen molar-refractivity contribution in [3.8, 4) is 0 Å². The third kappa shape index (κ3) is 9.92. The maximum Gasteiger partial charge on any atom is -0.0303 e. The lowest BCUT2D eigenvalue weighted by Gasteiger charge is -2.23. The van der Waals surface area contributed by atoms with Gasteiger partial charge < -0.3 is 0 Å². The fourth-order valence-electron chi connectivity index (χ4n) is 1.95. The van der Waals surface area contributed by atoms with Crippen molar-refractivity contribution in [2.24, 2.45) is 11.3 Å². The highest BCUT2D eigenvalue weighted by atomic mass is 14.2. The normalized spacial score (nSPS) is 15.0. The van der Waals surface area contributed by atoms with Crippen molar-refractivity contribution < 1.29 is 0 Å². The maximum atomic E-state index is 2.39. The number of hydrogen-bond acceptors (Lipinski definition) is 0. The Bertz CT molecular complexity index is 116. The third-order valence-corrected chi connectivity index (χ3v) is 2.33. The van der Waals surface area contributed by atoms with Crippen LogP contribution >= 0.6 is 0 Å². The van der Waals surface area contributed by atoms with E-state index < -0.39 is 0 Å². The molecule has 0 amide bonds. The van der Waals surface area contributed by atoms with Crippen LogP contribution in [-0.2, 0) is 0 Å². The van der Waals surface area contributed by atoms with Gasteiger partial charge >= 0.3 is 0 Å². The van der Waals surface area contributed by atoms with Crippen LogP contribution in [0.3, 0.4) is 0 Å². The Labute approximate surface area is 85.1 Å². The van der Waals surface area contributed by atoms with E-state index in [0.717, 1.165) is 5.92 Å². The first-order valence-corrected chi connectivity index (χ1v) is 5.60. The molecule has 0 aliphatic rings. The summed E-state index contributed by atoms with van der Waals surface area (Å²) in [4.78, 5) is 0. The van der Waals surface area contributed by atoms with Crippen molar-refractivity contribution in [3.63, 3.8) is 0 Å². The lowest BCUT2D eigenvalue weighted by atomic mass is 9.83. The fraction of sp³-hybridized carbons (Fsp3) is 0.923. The summed E-state index contributed by atoms with van der Waals surface area (Å²) >= 11 is 0. The molecular formula is C13H27. The zero-order valence-corrected chi connectivity index (χ0v) is 10.4. The second-order valence-electron chi connectivity index (χ2n) is 5.97. The summed E-state index contributed by atoms with van der Waals surface area (Å²) in [6.07, 6.45) is 5.44. The molecule has 79 valence electrons. The molecule has 0 aliphatic carbocycles. The zero-order valence-electron chi connectivity index (χ0n) is 10.4. The van der Waals surface area contributed by atoms with E-state index in [-0.39, 0.29) is 0 Å². The van der Waals surface area contributed by atoms with Crippen LogP contribution in [0.4, 0.5) is 0 Å². The molecule has 1 unspecified atom stereocenters. The molecule has 0 heteroatoms. The smallest absolute Gasteiger partial charge is 0.0303 e. The summed E-state index contributed by atoms with van der Waals surface area (Å²) in [6, 6.07) is 0. The molecule has 0 nitrogen and oxygen atoms in total. The van der Waals surface area contributed by atoms with Gasteiger partial charge in [0.1, 0.15) is 0 Å². The molecule has 0 aromatic rings. The van der Waals surface area contributed by atoms with Crippen LogP contribution in [0.15, 0.2) is 0 Å². The zero-order chi connectivity index (χ0) is 10.5. The Morgan fingerprint density at radius 3 is 2.08 bits per heavy atom. The van der Waals surface area contributed by atoms with Crippen molar-refractivity contribution in [1.29, 1.82) is 0 Å². The van der Waals surface area contributed by atoms with E-state index in [1.807, 2.05) is 0 Å². The van der Waals surface area contributed by atoms with E-state index in [2.05, 4.69) is 41.5 Å². The molecule has 13 heavy (non-hydrogen) atoms. The Kier molecular flexibility index (Phi) is 5.67. The molecule has 0 spiro atoms. The van der Waals surface area contributed by atoms with Gasteiger partial charge in [0.15, 0.2) is 0 Å². The van der Waals surface area contributed by atoms with E-state index in [0.29, 0.717) is 5.41 Å². The lowest BCUT2D eigenvalue weighted by Crippen LogP contribution is -2.11. The molecule has 0 N–H and O–H groups in total. The summed E-state index contributed by atoms with van der Waals surface area (Å²) < 4.78 is 0. The average molecular weight is 183 g/mol. The molecule has 0 rings (SSSR count). The predicted octanol–water partition coefficient (Wildman–Crippen LogP) is 4.84.